The van der Waals surface area contributed by atoms with Gasteiger partial charge in [0.2, 0.25) is 0 Å². The van der Waals surface area contributed by atoms with Gasteiger partial charge in [0.15, 0.2) is 0 Å². The van der Waals surface area contributed by atoms with Gasteiger partial charge < -0.3 is 16.0 Å². The van der Waals surface area contributed by atoms with Crippen LogP contribution in [-0.2, 0) is 6.42 Å². The maximum absolute atomic E-state index is 3.63. The molecule has 4 atom stereocenters. The molecule has 1 saturated heterocycles. The highest BCUT2D eigenvalue weighted by molar-refractivity contribution is 5.53. The van der Waals surface area contributed by atoms with E-state index in [-0.39, 0.29) is 0 Å². The summed E-state index contributed by atoms with van der Waals surface area (Å²) in [6.45, 7) is 2.17. The fraction of sp³-hybridized carbons (Fsp3) is 0.625. The van der Waals surface area contributed by atoms with Crippen LogP contribution in [0.5, 0.6) is 0 Å². The van der Waals surface area contributed by atoms with Crippen LogP contribution in [0.2, 0.25) is 0 Å². The van der Waals surface area contributed by atoms with E-state index < -0.39 is 0 Å². The van der Waals surface area contributed by atoms with Crippen molar-refractivity contribution in [3.8, 4) is 0 Å². The molecule has 0 bridgehead atoms. The van der Waals surface area contributed by atoms with E-state index in [0.717, 1.165) is 37.1 Å². The molecule has 2 fully saturated rings. The molecule has 3 nitrogen and oxygen atoms in total. The number of nitrogens with one attached hydrogen (secondary N) is 3. The highest BCUT2D eigenvalue weighted by Crippen LogP contribution is 2.36. The first kappa shape index (κ1) is 11.7. The van der Waals surface area contributed by atoms with Gasteiger partial charge in [-0.25, -0.2) is 0 Å². The Morgan fingerprint density at radius 3 is 2.84 bits per heavy atom. The minimum Gasteiger partial charge on any atom is -0.385 e. The Bertz CT molecular complexity index is 459. The number of fused-ring (bicyclic) bond motifs is 2. The van der Waals surface area contributed by atoms with Gasteiger partial charge in [-0.05, 0) is 49.1 Å². The molecule has 4 rings (SSSR count). The standard InChI is InChI=1S/C16H23N3/c1-2-4-14-12(3-1)7-13(9-17-14)11-5-6-15-16(8-11)19-10-18-15/h1-4,11,13,15-19H,5-10H2. The topological polar surface area (TPSA) is 36.1 Å². The van der Waals surface area contributed by atoms with Crippen LogP contribution in [0.4, 0.5) is 5.69 Å². The molecule has 1 aliphatic carbocycles. The molecule has 1 aromatic rings. The lowest BCUT2D eigenvalue weighted by Gasteiger charge is -2.38. The zero-order valence-corrected chi connectivity index (χ0v) is 11.4. The molecule has 3 heteroatoms. The van der Waals surface area contributed by atoms with E-state index >= 15 is 0 Å². The van der Waals surface area contributed by atoms with Gasteiger partial charge in [-0.3, -0.25) is 0 Å². The second kappa shape index (κ2) is 4.80. The fourth-order valence-corrected chi connectivity index (χ4v) is 4.22. The van der Waals surface area contributed by atoms with Crippen molar-refractivity contribution in [1.29, 1.82) is 0 Å². The average molecular weight is 257 g/mol. The van der Waals surface area contributed by atoms with Crippen LogP contribution in [0.15, 0.2) is 24.3 Å². The predicted molar refractivity (Wildman–Crippen MR) is 78.2 cm³/mol. The summed E-state index contributed by atoms with van der Waals surface area (Å²) < 4.78 is 0. The maximum Gasteiger partial charge on any atom is 0.0459 e. The van der Waals surface area contributed by atoms with Crippen LogP contribution < -0.4 is 16.0 Å². The monoisotopic (exact) mass is 257 g/mol. The normalized spacial score (nSPS) is 37.3. The van der Waals surface area contributed by atoms with Crippen LogP contribution in [0, 0.1) is 11.8 Å². The van der Waals surface area contributed by atoms with Crippen LogP contribution >= 0.6 is 0 Å². The molecule has 3 N–H and O–H groups in total. The largest absolute Gasteiger partial charge is 0.385 e. The van der Waals surface area contributed by atoms with E-state index in [4.69, 9.17) is 0 Å². The Morgan fingerprint density at radius 1 is 0.947 bits per heavy atom. The van der Waals surface area contributed by atoms with Crippen molar-refractivity contribution in [2.75, 3.05) is 18.5 Å². The molecule has 0 spiro atoms. The van der Waals surface area contributed by atoms with Crippen molar-refractivity contribution in [3.05, 3.63) is 29.8 Å². The molecule has 2 aliphatic heterocycles. The maximum atomic E-state index is 3.63. The van der Waals surface area contributed by atoms with Crippen molar-refractivity contribution >= 4 is 5.69 Å². The van der Waals surface area contributed by atoms with Gasteiger partial charge in [-0.2, -0.15) is 0 Å². The minimum absolute atomic E-state index is 0.718. The Hall–Kier alpha value is -1.06. The first-order valence-electron chi connectivity index (χ1n) is 7.69. The number of benzene rings is 1. The van der Waals surface area contributed by atoms with Gasteiger partial charge in [-0.1, -0.05) is 18.2 Å². The number of anilines is 1. The van der Waals surface area contributed by atoms with E-state index in [1.165, 1.54) is 36.9 Å². The molecule has 1 aromatic carbocycles. The van der Waals surface area contributed by atoms with E-state index in [1.54, 1.807) is 0 Å². The molecule has 1 saturated carbocycles. The second-order valence-corrected chi connectivity index (χ2v) is 6.37. The zero-order valence-electron chi connectivity index (χ0n) is 11.4. The molecule has 4 unspecified atom stereocenters. The van der Waals surface area contributed by atoms with Crippen molar-refractivity contribution < 1.29 is 0 Å². The third kappa shape index (κ3) is 2.15. The van der Waals surface area contributed by atoms with Crippen LogP contribution in [0.1, 0.15) is 24.8 Å². The molecule has 3 aliphatic rings. The summed E-state index contributed by atoms with van der Waals surface area (Å²) in [4.78, 5) is 0. The molecule has 2 heterocycles. The van der Waals surface area contributed by atoms with E-state index in [2.05, 4.69) is 40.2 Å². The summed E-state index contributed by atoms with van der Waals surface area (Å²) in [5, 5.41) is 10.8. The van der Waals surface area contributed by atoms with Gasteiger partial charge in [0, 0.05) is 31.0 Å². The predicted octanol–water partition coefficient (Wildman–Crippen LogP) is 1.96. The van der Waals surface area contributed by atoms with E-state index in [9.17, 15) is 0 Å². The molecule has 0 amide bonds. The summed E-state index contributed by atoms with van der Waals surface area (Å²) in [5.74, 6) is 1.70. The summed E-state index contributed by atoms with van der Waals surface area (Å²) in [7, 11) is 0. The lowest BCUT2D eigenvalue weighted by atomic mass is 9.73. The van der Waals surface area contributed by atoms with Gasteiger partial charge in [-0.15, -0.1) is 0 Å². The highest BCUT2D eigenvalue weighted by Gasteiger charge is 2.37. The van der Waals surface area contributed by atoms with Gasteiger partial charge >= 0.3 is 0 Å². The number of para-hydroxylation sites is 1. The third-order valence-corrected chi connectivity index (χ3v) is 5.34. The van der Waals surface area contributed by atoms with Gasteiger partial charge in [0.25, 0.3) is 0 Å². The summed E-state index contributed by atoms with van der Waals surface area (Å²) in [5.41, 5.74) is 2.87. The van der Waals surface area contributed by atoms with Crippen LogP contribution in [0.25, 0.3) is 0 Å². The highest BCUT2D eigenvalue weighted by atomic mass is 15.2. The van der Waals surface area contributed by atoms with Gasteiger partial charge in [0.1, 0.15) is 0 Å². The molecular weight excluding hydrogens is 234 g/mol. The molecule has 0 aromatic heterocycles. The van der Waals surface area contributed by atoms with Crippen LogP contribution in [0.3, 0.4) is 0 Å². The Labute approximate surface area is 115 Å². The lowest BCUT2D eigenvalue weighted by Crippen LogP contribution is -2.43. The first-order valence-corrected chi connectivity index (χ1v) is 7.69. The SMILES string of the molecule is c1ccc2c(c1)CC(C1CCC3NCNC3C1)CN2. The van der Waals surface area contributed by atoms with Crippen molar-refractivity contribution in [2.24, 2.45) is 11.8 Å². The van der Waals surface area contributed by atoms with E-state index in [0.29, 0.717) is 0 Å². The first-order chi connectivity index (χ1) is 9.40. The summed E-state index contributed by atoms with van der Waals surface area (Å²) in [6, 6.07) is 10.3. The van der Waals surface area contributed by atoms with Crippen molar-refractivity contribution in [3.63, 3.8) is 0 Å². The summed E-state index contributed by atoms with van der Waals surface area (Å²) >= 11 is 0. The van der Waals surface area contributed by atoms with Crippen molar-refractivity contribution in [1.82, 2.24) is 10.6 Å². The zero-order chi connectivity index (χ0) is 12.7. The molecular formula is C16H23N3. The quantitative estimate of drug-likeness (QED) is 0.720. The van der Waals surface area contributed by atoms with E-state index in [1.807, 2.05) is 0 Å². The Balaban J connectivity index is 1.46. The van der Waals surface area contributed by atoms with Crippen LogP contribution in [-0.4, -0.2) is 25.3 Å². The number of hydrogen-bond acceptors (Lipinski definition) is 3. The Morgan fingerprint density at radius 2 is 1.84 bits per heavy atom. The lowest BCUT2D eigenvalue weighted by molar-refractivity contribution is 0.211. The number of hydrogen-bond donors (Lipinski definition) is 3. The summed E-state index contributed by atoms with van der Waals surface area (Å²) in [6.07, 6.45) is 5.36. The molecule has 19 heavy (non-hydrogen) atoms. The average Bonchev–Trinajstić information content (AvgIpc) is 2.94. The Kier molecular flexibility index (Phi) is 2.97. The minimum atomic E-state index is 0.718. The molecule has 0 radical (unpaired) electrons. The fourth-order valence-electron chi connectivity index (χ4n) is 4.22. The second-order valence-electron chi connectivity index (χ2n) is 6.37. The third-order valence-electron chi connectivity index (χ3n) is 5.34. The van der Waals surface area contributed by atoms with Gasteiger partial charge in [0.05, 0.1) is 0 Å². The molecule has 102 valence electrons. The smallest absolute Gasteiger partial charge is 0.0459 e. The van der Waals surface area contributed by atoms with Crippen molar-refractivity contribution in [2.45, 2.75) is 37.8 Å². The number of rotatable bonds is 1.